The first kappa shape index (κ1) is 14.3. The molecule has 1 fully saturated rings. The van der Waals surface area contributed by atoms with Crippen LogP contribution < -0.4 is 10.1 Å². The first-order valence-corrected chi connectivity index (χ1v) is 6.96. The Morgan fingerprint density at radius 1 is 1.21 bits per heavy atom. The van der Waals surface area contributed by atoms with E-state index in [0.717, 1.165) is 38.5 Å². The highest BCUT2D eigenvalue weighted by Crippen LogP contribution is 2.29. The largest absolute Gasteiger partial charge is 0.496 e. The van der Waals surface area contributed by atoms with E-state index in [2.05, 4.69) is 34.3 Å². The van der Waals surface area contributed by atoms with E-state index in [0.29, 0.717) is 6.04 Å². The van der Waals surface area contributed by atoms with Gasteiger partial charge in [-0.05, 0) is 20.2 Å². The Morgan fingerprint density at radius 3 is 2.53 bits per heavy atom. The maximum atomic E-state index is 5.52. The van der Waals surface area contributed by atoms with Crippen molar-refractivity contribution < 1.29 is 4.74 Å². The average molecular weight is 263 g/mol. The fourth-order valence-electron chi connectivity index (χ4n) is 2.70. The van der Waals surface area contributed by atoms with E-state index in [1.165, 1.54) is 5.56 Å². The molecule has 4 heteroatoms. The fourth-order valence-corrected chi connectivity index (χ4v) is 2.70. The molecule has 1 atom stereocenters. The van der Waals surface area contributed by atoms with E-state index in [1.54, 1.807) is 7.11 Å². The zero-order valence-electron chi connectivity index (χ0n) is 12.2. The summed E-state index contributed by atoms with van der Waals surface area (Å²) in [5, 5.41) is 3.32. The molecule has 1 unspecified atom stereocenters. The highest BCUT2D eigenvalue weighted by Gasteiger charge is 2.25. The van der Waals surface area contributed by atoms with E-state index in [4.69, 9.17) is 4.74 Å². The lowest BCUT2D eigenvalue weighted by Gasteiger charge is -2.38. The third kappa shape index (κ3) is 3.47. The quantitative estimate of drug-likeness (QED) is 0.864. The second kappa shape index (κ2) is 6.89. The van der Waals surface area contributed by atoms with Crippen molar-refractivity contribution in [2.45, 2.75) is 6.04 Å². The van der Waals surface area contributed by atoms with Gasteiger partial charge in [0.1, 0.15) is 5.75 Å². The Balaban J connectivity index is 2.19. The van der Waals surface area contributed by atoms with Crippen LogP contribution in [0.1, 0.15) is 11.6 Å². The Morgan fingerprint density at radius 2 is 1.89 bits per heavy atom. The summed E-state index contributed by atoms with van der Waals surface area (Å²) in [6.45, 7) is 5.44. The number of methoxy groups -OCH3 is 1. The van der Waals surface area contributed by atoms with Crippen LogP contribution in [-0.2, 0) is 0 Å². The molecule has 0 bridgehead atoms. The Hall–Kier alpha value is -1.10. The minimum Gasteiger partial charge on any atom is -0.496 e. The molecule has 1 saturated heterocycles. The summed E-state index contributed by atoms with van der Waals surface area (Å²) >= 11 is 0. The fraction of sp³-hybridized carbons (Fsp3) is 0.600. The van der Waals surface area contributed by atoms with Crippen LogP contribution in [0.3, 0.4) is 0 Å². The topological polar surface area (TPSA) is 27.7 Å². The molecule has 0 aromatic heterocycles. The summed E-state index contributed by atoms with van der Waals surface area (Å²) in [5.41, 5.74) is 1.28. The molecule has 0 amide bonds. The molecule has 1 aliphatic heterocycles. The van der Waals surface area contributed by atoms with Crippen molar-refractivity contribution in [3.63, 3.8) is 0 Å². The van der Waals surface area contributed by atoms with Gasteiger partial charge in [-0.3, -0.25) is 4.90 Å². The third-order valence-corrected chi connectivity index (χ3v) is 3.87. The molecule has 2 rings (SSSR count). The van der Waals surface area contributed by atoms with Crippen molar-refractivity contribution in [1.82, 2.24) is 15.1 Å². The van der Waals surface area contributed by atoms with Gasteiger partial charge in [-0.2, -0.15) is 0 Å². The van der Waals surface area contributed by atoms with E-state index in [-0.39, 0.29) is 0 Å². The van der Waals surface area contributed by atoms with Gasteiger partial charge in [0.15, 0.2) is 0 Å². The van der Waals surface area contributed by atoms with Gasteiger partial charge in [0, 0.05) is 38.3 Å². The molecule has 0 saturated carbocycles. The maximum absolute atomic E-state index is 5.52. The van der Waals surface area contributed by atoms with E-state index < -0.39 is 0 Å². The highest BCUT2D eigenvalue weighted by atomic mass is 16.5. The van der Waals surface area contributed by atoms with Gasteiger partial charge >= 0.3 is 0 Å². The van der Waals surface area contributed by atoms with Gasteiger partial charge in [-0.15, -0.1) is 0 Å². The zero-order valence-corrected chi connectivity index (χ0v) is 12.2. The molecule has 1 aromatic rings. The number of rotatable bonds is 5. The molecule has 19 heavy (non-hydrogen) atoms. The summed E-state index contributed by atoms with van der Waals surface area (Å²) in [7, 11) is 5.95. The van der Waals surface area contributed by atoms with Crippen LogP contribution in [0.15, 0.2) is 24.3 Å². The molecule has 106 valence electrons. The van der Waals surface area contributed by atoms with Crippen LogP contribution in [0.4, 0.5) is 0 Å². The summed E-state index contributed by atoms with van der Waals surface area (Å²) in [6, 6.07) is 8.74. The summed E-state index contributed by atoms with van der Waals surface area (Å²) in [6.07, 6.45) is 0. The number of likely N-dealkylation sites (N-methyl/N-ethyl adjacent to an activating group) is 2. The molecule has 0 radical (unpaired) electrons. The molecular formula is C15H25N3O. The lowest BCUT2D eigenvalue weighted by Crippen LogP contribution is -2.47. The van der Waals surface area contributed by atoms with Crippen molar-refractivity contribution in [3.8, 4) is 5.75 Å². The second-order valence-electron chi connectivity index (χ2n) is 5.15. The van der Waals surface area contributed by atoms with Gasteiger partial charge in [-0.25, -0.2) is 0 Å². The Bertz CT molecular complexity index is 389. The van der Waals surface area contributed by atoms with Crippen molar-refractivity contribution in [1.29, 1.82) is 0 Å². The molecule has 4 nitrogen and oxygen atoms in total. The standard InChI is InChI=1S/C15H25N3O/c1-16-12-14(18-10-8-17(2)9-11-18)13-6-4-5-7-15(13)19-3/h4-7,14,16H,8-12H2,1-3H3. The predicted octanol–water partition coefficient (Wildman–Crippen LogP) is 1.20. The van der Waals surface area contributed by atoms with Crippen molar-refractivity contribution in [2.75, 3.05) is 53.9 Å². The highest BCUT2D eigenvalue weighted by molar-refractivity contribution is 5.36. The lowest BCUT2D eigenvalue weighted by atomic mass is 10.0. The number of nitrogens with one attached hydrogen (secondary N) is 1. The molecule has 0 spiro atoms. The van der Waals surface area contributed by atoms with E-state index in [9.17, 15) is 0 Å². The first-order chi connectivity index (χ1) is 9.26. The maximum Gasteiger partial charge on any atom is 0.123 e. The molecule has 1 aromatic carbocycles. The van der Waals surface area contributed by atoms with Gasteiger partial charge < -0.3 is 15.0 Å². The van der Waals surface area contributed by atoms with Gasteiger partial charge in [0.2, 0.25) is 0 Å². The van der Waals surface area contributed by atoms with E-state index in [1.807, 2.05) is 19.2 Å². The number of nitrogens with zero attached hydrogens (tertiary/aromatic N) is 2. The Kier molecular flexibility index (Phi) is 5.19. The number of hydrogen-bond acceptors (Lipinski definition) is 4. The van der Waals surface area contributed by atoms with Crippen molar-refractivity contribution in [3.05, 3.63) is 29.8 Å². The first-order valence-electron chi connectivity index (χ1n) is 6.96. The van der Waals surface area contributed by atoms with Crippen LogP contribution in [-0.4, -0.2) is 63.7 Å². The molecule has 1 heterocycles. The van der Waals surface area contributed by atoms with Crippen molar-refractivity contribution >= 4 is 0 Å². The number of para-hydroxylation sites is 1. The third-order valence-electron chi connectivity index (χ3n) is 3.87. The van der Waals surface area contributed by atoms with Gasteiger partial charge in [-0.1, -0.05) is 18.2 Å². The van der Waals surface area contributed by atoms with Crippen LogP contribution >= 0.6 is 0 Å². The second-order valence-corrected chi connectivity index (χ2v) is 5.15. The van der Waals surface area contributed by atoms with Gasteiger partial charge in [0.05, 0.1) is 13.2 Å². The smallest absolute Gasteiger partial charge is 0.123 e. The van der Waals surface area contributed by atoms with Crippen molar-refractivity contribution in [2.24, 2.45) is 0 Å². The molecular weight excluding hydrogens is 238 g/mol. The number of piperazine rings is 1. The predicted molar refractivity (Wildman–Crippen MR) is 78.7 cm³/mol. The summed E-state index contributed by atoms with van der Waals surface area (Å²) in [5.74, 6) is 0.988. The van der Waals surface area contributed by atoms with Crippen LogP contribution in [0.25, 0.3) is 0 Å². The SMILES string of the molecule is CNCC(c1ccccc1OC)N1CCN(C)CC1. The number of benzene rings is 1. The minimum atomic E-state index is 0.384. The monoisotopic (exact) mass is 263 g/mol. The summed E-state index contributed by atoms with van der Waals surface area (Å²) < 4.78 is 5.52. The minimum absolute atomic E-state index is 0.384. The molecule has 0 aliphatic carbocycles. The van der Waals surface area contributed by atoms with Crippen LogP contribution in [0, 0.1) is 0 Å². The van der Waals surface area contributed by atoms with Crippen LogP contribution in [0.2, 0.25) is 0 Å². The average Bonchev–Trinajstić information content (AvgIpc) is 2.46. The summed E-state index contributed by atoms with van der Waals surface area (Å²) in [4.78, 5) is 4.93. The normalized spacial score (nSPS) is 19.3. The number of ether oxygens (including phenoxy) is 1. The molecule has 1 aliphatic rings. The lowest BCUT2D eigenvalue weighted by molar-refractivity contribution is 0.110. The molecule has 1 N–H and O–H groups in total. The zero-order chi connectivity index (χ0) is 13.7. The van der Waals surface area contributed by atoms with Crippen LogP contribution in [0.5, 0.6) is 5.75 Å². The Labute approximate surface area is 116 Å². The number of hydrogen-bond donors (Lipinski definition) is 1. The van der Waals surface area contributed by atoms with E-state index >= 15 is 0 Å². The van der Waals surface area contributed by atoms with Gasteiger partial charge in [0.25, 0.3) is 0 Å².